The predicted octanol–water partition coefficient (Wildman–Crippen LogP) is 3.53. The number of carbonyl (C=O) groups is 1. The van der Waals surface area contributed by atoms with Crippen molar-refractivity contribution < 1.29 is 18.0 Å². The number of hydrogen-bond acceptors (Lipinski definition) is 3. The number of benzene rings is 1. The summed E-state index contributed by atoms with van der Waals surface area (Å²) in [7, 11) is 1.74. The lowest BCUT2D eigenvalue weighted by molar-refractivity contribution is -0.138. The molecule has 3 aromatic rings. The van der Waals surface area contributed by atoms with E-state index in [1.54, 1.807) is 16.6 Å². The molecule has 0 radical (unpaired) electrons. The highest BCUT2D eigenvalue weighted by molar-refractivity contribution is 5.81. The number of aromatic amines is 1. The number of hydrogen-bond donors (Lipinski definition) is 1. The summed E-state index contributed by atoms with van der Waals surface area (Å²) in [6.07, 6.45) is -2.85. The number of nitrogens with one attached hydrogen (secondary N) is 1. The van der Waals surface area contributed by atoms with Gasteiger partial charge in [0.2, 0.25) is 5.91 Å². The third-order valence-electron chi connectivity index (χ3n) is 6.28. The molecule has 3 heterocycles. The first-order valence-electron chi connectivity index (χ1n) is 10.5. The first-order chi connectivity index (χ1) is 15.0. The first-order valence-corrected chi connectivity index (χ1v) is 10.5. The van der Waals surface area contributed by atoms with Gasteiger partial charge in [-0.25, -0.2) is 4.98 Å². The fourth-order valence-corrected chi connectivity index (χ4v) is 4.47. The minimum Gasteiger partial charge on any atom is -0.342 e. The molecular formula is C23H25F3N4O2. The maximum absolute atomic E-state index is 12.7. The van der Waals surface area contributed by atoms with Crippen LogP contribution in [0.2, 0.25) is 0 Å². The van der Waals surface area contributed by atoms with Gasteiger partial charge in [-0.1, -0.05) is 12.1 Å². The van der Waals surface area contributed by atoms with E-state index in [9.17, 15) is 22.8 Å². The standard InChI is InChI=1S/C23H25F3N4O2/c1-13-18(14(2)27-21-20(13)22(32)28-29(21)3)8-9-19(31)30-11-16(12-30)10-15-4-6-17(7-5-15)23(24,25)26/h4-7,16H,8-12H2,1-3H3,(H,28,32). The second-order valence-electron chi connectivity index (χ2n) is 8.56. The van der Waals surface area contributed by atoms with Gasteiger partial charge in [0.15, 0.2) is 5.65 Å². The minimum absolute atomic E-state index is 0.0366. The second kappa shape index (κ2) is 8.11. The smallest absolute Gasteiger partial charge is 0.342 e. The molecule has 1 saturated heterocycles. The molecule has 9 heteroatoms. The lowest BCUT2D eigenvalue weighted by atomic mass is 9.91. The number of likely N-dealkylation sites (tertiary alicyclic amines) is 1. The normalized spacial score (nSPS) is 14.8. The van der Waals surface area contributed by atoms with Gasteiger partial charge in [0, 0.05) is 32.3 Å². The molecule has 1 amide bonds. The summed E-state index contributed by atoms with van der Waals surface area (Å²) in [6, 6.07) is 5.22. The van der Waals surface area contributed by atoms with Gasteiger partial charge in [0.1, 0.15) is 0 Å². The highest BCUT2D eigenvalue weighted by Gasteiger charge is 2.32. The molecule has 6 nitrogen and oxygen atoms in total. The second-order valence-corrected chi connectivity index (χ2v) is 8.56. The number of aryl methyl sites for hydroxylation is 3. The maximum Gasteiger partial charge on any atom is 0.416 e. The molecule has 0 atom stereocenters. The van der Waals surface area contributed by atoms with E-state index >= 15 is 0 Å². The van der Waals surface area contributed by atoms with Gasteiger partial charge in [-0.3, -0.25) is 19.4 Å². The van der Waals surface area contributed by atoms with E-state index in [0.717, 1.165) is 34.5 Å². The van der Waals surface area contributed by atoms with Crippen molar-refractivity contribution in [2.24, 2.45) is 13.0 Å². The monoisotopic (exact) mass is 446 g/mol. The van der Waals surface area contributed by atoms with E-state index in [-0.39, 0.29) is 17.4 Å². The maximum atomic E-state index is 12.7. The molecule has 1 N–H and O–H groups in total. The average molecular weight is 446 g/mol. The first kappa shape index (κ1) is 22.1. The van der Waals surface area contributed by atoms with Gasteiger partial charge in [-0.15, -0.1) is 0 Å². The van der Waals surface area contributed by atoms with E-state index in [2.05, 4.69) is 10.1 Å². The van der Waals surface area contributed by atoms with Crippen molar-refractivity contribution >= 4 is 16.9 Å². The molecule has 0 spiro atoms. The van der Waals surface area contributed by atoms with Crippen molar-refractivity contribution in [2.45, 2.75) is 39.3 Å². The minimum atomic E-state index is -4.33. The molecule has 1 aliphatic heterocycles. The van der Waals surface area contributed by atoms with Crippen LogP contribution in [0.15, 0.2) is 29.1 Å². The number of nitrogens with zero attached hydrogens (tertiary/aromatic N) is 3. The summed E-state index contributed by atoms with van der Waals surface area (Å²) in [5.41, 5.74) is 3.19. The Balaban J connectivity index is 1.33. The molecule has 1 aliphatic rings. The van der Waals surface area contributed by atoms with Gasteiger partial charge in [-0.2, -0.15) is 13.2 Å². The zero-order chi connectivity index (χ0) is 23.2. The van der Waals surface area contributed by atoms with Crippen molar-refractivity contribution in [3.8, 4) is 0 Å². The Hall–Kier alpha value is -3.10. The Bertz CT molecular complexity index is 1220. The van der Waals surface area contributed by atoms with Crippen LogP contribution in [0.1, 0.15) is 34.4 Å². The van der Waals surface area contributed by atoms with Crippen LogP contribution in [0.4, 0.5) is 13.2 Å². The molecule has 0 saturated carbocycles. The van der Waals surface area contributed by atoms with Gasteiger partial charge < -0.3 is 4.90 Å². The molecule has 170 valence electrons. The van der Waals surface area contributed by atoms with Crippen molar-refractivity contribution in [3.63, 3.8) is 0 Å². The molecule has 0 unspecified atom stereocenters. The van der Waals surface area contributed by atoms with E-state index in [1.165, 1.54) is 12.1 Å². The van der Waals surface area contributed by atoms with Crippen molar-refractivity contribution in [2.75, 3.05) is 13.1 Å². The Morgan fingerprint density at radius 2 is 1.84 bits per heavy atom. The van der Waals surface area contributed by atoms with E-state index in [0.29, 0.717) is 43.4 Å². The van der Waals surface area contributed by atoms with Gasteiger partial charge in [0.05, 0.1) is 10.9 Å². The highest BCUT2D eigenvalue weighted by Crippen LogP contribution is 2.30. The number of amides is 1. The van der Waals surface area contributed by atoms with Crippen LogP contribution in [-0.4, -0.2) is 38.7 Å². The fourth-order valence-electron chi connectivity index (χ4n) is 4.47. The van der Waals surface area contributed by atoms with E-state index in [1.807, 2.05) is 13.8 Å². The van der Waals surface area contributed by atoms with Crippen LogP contribution in [0.25, 0.3) is 11.0 Å². The zero-order valence-electron chi connectivity index (χ0n) is 18.2. The van der Waals surface area contributed by atoms with Crippen LogP contribution in [0.3, 0.4) is 0 Å². The third-order valence-corrected chi connectivity index (χ3v) is 6.28. The number of pyridine rings is 1. The summed E-state index contributed by atoms with van der Waals surface area (Å²) in [4.78, 5) is 31.1. The van der Waals surface area contributed by atoms with Gasteiger partial charge >= 0.3 is 6.18 Å². The van der Waals surface area contributed by atoms with E-state index in [4.69, 9.17) is 0 Å². The van der Waals surface area contributed by atoms with Crippen LogP contribution >= 0.6 is 0 Å². The molecule has 1 fully saturated rings. The summed E-state index contributed by atoms with van der Waals surface area (Å²) in [6.45, 7) is 4.98. The molecule has 0 aliphatic carbocycles. The molecule has 32 heavy (non-hydrogen) atoms. The summed E-state index contributed by atoms with van der Waals surface area (Å²) < 4.78 is 39.6. The number of H-pyrrole nitrogens is 1. The van der Waals surface area contributed by atoms with Crippen LogP contribution in [0.5, 0.6) is 0 Å². The number of rotatable bonds is 5. The summed E-state index contributed by atoms with van der Waals surface area (Å²) in [5.74, 6) is 0.287. The van der Waals surface area contributed by atoms with E-state index < -0.39 is 11.7 Å². The van der Waals surface area contributed by atoms with Crippen molar-refractivity contribution in [3.05, 3.63) is 62.6 Å². The summed E-state index contributed by atoms with van der Waals surface area (Å²) >= 11 is 0. The Labute approximate surface area is 183 Å². The van der Waals surface area contributed by atoms with Crippen molar-refractivity contribution in [1.29, 1.82) is 0 Å². The zero-order valence-corrected chi connectivity index (χ0v) is 18.2. The Morgan fingerprint density at radius 3 is 2.47 bits per heavy atom. The number of alkyl halides is 3. The predicted molar refractivity (Wildman–Crippen MR) is 114 cm³/mol. The Kier molecular flexibility index (Phi) is 5.60. The van der Waals surface area contributed by atoms with Crippen LogP contribution < -0.4 is 5.56 Å². The number of halogens is 3. The number of fused-ring (bicyclic) bond motifs is 1. The van der Waals surface area contributed by atoms with Gasteiger partial charge in [-0.05, 0) is 61.4 Å². The molecule has 4 rings (SSSR count). The molecular weight excluding hydrogens is 421 g/mol. The van der Waals surface area contributed by atoms with Crippen LogP contribution in [0, 0.1) is 19.8 Å². The average Bonchev–Trinajstić information content (AvgIpc) is 2.97. The molecule has 1 aromatic carbocycles. The largest absolute Gasteiger partial charge is 0.416 e. The number of carbonyl (C=O) groups excluding carboxylic acids is 1. The number of aromatic nitrogens is 3. The van der Waals surface area contributed by atoms with Crippen molar-refractivity contribution in [1.82, 2.24) is 19.7 Å². The lowest BCUT2D eigenvalue weighted by Gasteiger charge is -2.39. The SMILES string of the molecule is Cc1nc2c(c(C)c1CCC(=O)N1CC(Cc3ccc(C(F)(F)F)cc3)C1)c(=O)[nH]n2C. The van der Waals surface area contributed by atoms with Gasteiger partial charge in [0.25, 0.3) is 5.56 Å². The van der Waals surface area contributed by atoms with Crippen LogP contribution in [-0.2, 0) is 30.9 Å². The summed E-state index contributed by atoms with van der Waals surface area (Å²) in [5, 5.41) is 3.27. The molecule has 2 aromatic heterocycles. The third kappa shape index (κ3) is 4.16. The highest BCUT2D eigenvalue weighted by atomic mass is 19.4. The lowest BCUT2D eigenvalue weighted by Crippen LogP contribution is -2.50. The topological polar surface area (TPSA) is 71.0 Å². The fraction of sp³-hybridized carbons (Fsp3) is 0.435. The quantitative estimate of drug-likeness (QED) is 0.652. The Morgan fingerprint density at radius 1 is 1.19 bits per heavy atom. The molecule has 0 bridgehead atoms.